The molecule has 0 spiro atoms. The first-order valence-corrected chi connectivity index (χ1v) is 9.87. The third kappa shape index (κ3) is 3.95. The highest BCUT2D eigenvalue weighted by Crippen LogP contribution is 2.19. The normalized spacial score (nSPS) is 20.4. The second-order valence-electron chi connectivity index (χ2n) is 6.41. The van der Waals surface area contributed by atoms with Crippen molar-refractivity contribution < 1.29 is 17.9 Å². The smallest absolute Gasteiger partial charge is 0.253 e. The zero-order chi connectivity index (χ0) is 18.7. The number of aromatic nitrogens is 2. The van der Waals surface area contributed by atoms with Crippen LogP contribution in [-0.4, -0.2) is 67.5 Å². The summed E-state index contributed by atoms with van der Waals surface area (Å²) >= 11 is 0. The van der Waals surface area contributed by atoms with Crippen molar-refractivity contribution in [1.82, 2.24) is 19.4 Å². The molecule has 140 valence electrons. The number of carbonyl (C=O) groups excluding carboxylic acids is 1. The van der Waals surface area contributed by atoms with Crippen molar-refractivity contribution >= 4 is 15.9 Å². The molecular formula is C17H22N4O4S. The Morgan fingerprint density at radius 1 is 1.31 bits per heavy atom. The van der Waals surface area contributed by atoms with Gasteiger partial charge in [-0.1, -0.05) is 12.1 Å². The molecule has 1 fully saturated rings. The van der Waals surface area contributed by atoms with E-state index in [2.05, 4.69) is 10.4 Å². The fraction of sp³-hybridized carbons (Fsp3) is 0.412. The minimum absolute atomic E-state index is 0.0637. The van der Waals surface area contributed by atoms with E-state index in [1.54, 1.807) is 41.3 Å². The number of nitrogens with zero attached hydrogens (tertiary/aromatic N) is 3. The molecule has 0 unspecified atom stereocenters. The highest BCUT2D eigenvalue weighted by Gasteiger charge is 2.34. The van der Waals surface area contributed by atoms with E-state index in [1.165, 1.54) is 18.4 Å². The van der Waals surface area contributed by atoms with Crippen LogP contribution in [0.1, 0.15) is 10.4 Å². The molecule has 8 nitrogen and oxygen atoms in total. The van der Waals surface area contributed by atoms with Crippen LogP contribution in [0.25, 0.3) is 5.69 Å². The molecule has 0 radical (unpaired) electrons. The number of benzene rings is 1. The Kier molecular flexibility index (Phi) is 5.40. The van der Waals surface area contributed by atoms with E-state index >= 15 is 0 Å². The molecule has 0 saturated carbocycles. The van der Waals surface area contributed by atoms with E-state index < -0.39 is 10.0 Å². The van der Waals surface area contributed by atoms with Gasteiger partial charge in [0, 0.05) is 32.4 Å². The number of amides is 1. The van der Waals surface area contributed by atoms with E-state index in [-0.39, 0.29) is 23.6 Å². The number of hydrogen-bond acceptors (Lipinski definition) is 5. The zero-order valence-corrected chi connectivity index (χ0v) is 15.5. The maximum Gasteiger partial charge on any atom is 0.253 e. The first-order chi connectivity index (χ1) is 12.4. The number of ether oxygens (including phenoxy) is 1. The first kappa shape index (κ1) is 18.6. The van der Waals surface area contributed by atoms with Gasteiger partial charge < -0.3 is 10.1 Å². The largest absolute Gasteiger partial charge is 0.379 e. The van der Waals surface area contributed by atoms with Gasteiger partial charge in [-0.2, -0.15) is 5.10 Å². The summed E-state index contributed by atoms with van der Waals surface area (Å²) in [6.45, 7) is 0.599. The van der Waals surface area contributed by atoms with Crippen molar-refractivity contribution in [2.24, 2.45) is 5.92 Å². The van der Waals surface area contributed by atoms with Gasteiger partial charge in [-0.05, 0) is 18.2 Å². The molecule has 9 heteroatoms. The monoisotopic (exact) mass is 378 g/mol. The van der Waals surface area contributed by atoms with Crippen molar-refractivity contribution in [3.8, 4) is 5.69 Å². The summed E-state index contributed by atoms with van der Waals surface area (Å²) in [5, 5.41) is 7.09. The lowest BCUT2D eigenvalue weighted by Crippen LogP contribution is -2.43. The minimum Gasteiger partial charge on any atom is -0.379 e. The number of carbonyl (C=O) groups is 1. The molecule has 1 aliphatic rings. The Morgan fingerprint density at radius 3 is 2.77 bits per heavy atom. The van der Waals surface area contributed by atoms with Gasteiger partial charge in [-0.25, -0.2) is 17.4 Å². The Balaban J connectivity index is 1.76. The molecule has 1 saturated heterocycles. The summed E-state index contributed by atoms with van der Waals surface area (Å²) in [5.74, 6) is -0.631. The highest BCUT2D eigenvalue weighted by atomic mass is 32.2. The molecule has 0 aliphatic carbocycles. The van der Waals surface area contributed by atoms with Crippen LogP contribution in [0.4, 0.5) is 0 Å². The van der Waals surface area contributed by atoms with E-state index in [4.69, 9.17) is 4.74 Å². The molecule has 0 bridgehead atoms. The number of hydrogen-bond donors (Lipinski definition) is 1. The molecule has 1 aliphatic heterocycles. The average molecular weight is 378 g/mol. The van der Waals surface area contributed by atoms with Gasteiger partial charge in [0.1, 0.15) is 0 Å². The summed E-state index contributed by atoms with van der Waals surface area (Å²) in [7, 11) is -0.373. The topological polar surface area (TPSA) is 93.5 Å². The van der Waals surface area contributed by atoms with E-state index in [0.29, 0.717) is 24.5 Å². The molecule has 26 heavy (non-hydrogen) atoms. The summed E-state index contributed by atoms with van der Waals surface area (Å²) in [5.41, 5.74) is 1.13. The van der Waals surface area contributed by atoms with Crippen LogP contribution in [0.3, 0.4) is 0 Å². The van der Waals surface area contributed by atoms with Crippen LogP contribution in [0.5, 0.6) is 0 Å². The van der Waals surface area contributed by atoms with Crippen molar-refractivity contribution in [1.29, 1.82) is 0 Å². The predicted molar refractivity (Wildman–Crippen MR) is 96.6 cm³/mol. The number of rotatable bonds is 6. The average Bonchev–Trinajstić information content (AvgIpc) is 3.27. The highest BCUT2D eigenvalue weighted by molar-refractivity contribution is 7.89. The molecule has 2 aromatic rings. The SMILES string of the molecule is CN(C)S(=O)(=O)C[C@@H]1COC[C@H]1NC(=O)c1ccccc1-n1cccn1. The van der Waals surface area contributed by atoms with Gasteiger partial charge in [-0.3, -0.25) is 4.79 Å². The molecule has 1 N–H and O–H groups in total. The van der Waals surface area contributed by atoms with Gasteiger partial charge in [0.15, 0.2) is 0 Å². The Morgan fingerprint density at radius 2 is 2.08 bits per heavy atom. The van der Waals surface area contributed by atoms with Crippen molar-refractivity contribution in [3.63, 3.8) is 0 Å². The van der Waals surface area contributed by atoms with Crippen LogP contribution >= 0.6 is 0 Å². The third-order valence-electron chi connectivity index (χ3n) is 4.40. The summed E-state index contributed by atoms with van der Waals surface area (Å²) in [6.07, 6.45) is 3.40. The Bertz CT molecular complexity index is 865. The van der Waals surface area contributed by atoms with Crippen LogP contribution in [-0.2, 0) is 14.8 Å². The quantitative estimate of drug-likeness (QED) is 0.790. The molecule has 2 heterocycles. The van der Waals surface area contributed by atoms with Gasteiger partial charge >= 0.3 is 0 Å². The van der Waals surface area contributed by atoms with Gasteiger partial charge in [0.2, 0.25) is 10.0 Å². The molecule has 3 rings (SSSR count). The van der Waals surface area contributed by atoms with Crippen molar-refractivity contribution in [2.45, 2.75) is 6.04 Å². The van der Waals surface area contributed by atoms with Crippen molar-refractivity contribution in [3.05, 3.63) is 48.3 Å². The third-order valence-corrected chi connectivity index (χ3v) is 6.36. The Labute approximate surface area is 152 Å². The number of sulfonamides is 1. The minimum atomic E-state index is -3.37. The van der Waals surface area contributed by atoms with Gasteiger partial charge in [0.05, 0.1) is 36.3 Å². The molecule has 1 aromatic heterocycles. The predicted octanol–water partition coefficient (Wildman–Crippen LogP) is 0.509. The maximum atomic E-state index is 12.8. The molecular weight excluding hydrogens is 356 g/mol. The molecule has 1 aromatic carbocycles. The number of nitrogens with one attached hydrogen (secondary N) is 1. The fourth-order valence-corrected chi connectivity index (χ4v) is 4.03. The van der Waals surface area contributed by atoms with E-state index in [1.807, 2.05) is 6.07 Å². The zero-order valence-electron chi connectivity index (χ0n) is 14.7. The standard InChI is InChI=1S/C17H22N4O4S/c1-20(2)26(23,24)12-13-10-25-11-15(13)19-17(22)14-6-3-4-7-16(14)21-9-5-8-18-21/h3-9,13,15H,10-12H2,1-2H3,(H,19,22)/t13-,15+/m0/s1. The second kappa shape index (κ2) is 7.56. The van der Waals surface area contributed by atoms with Crippen LogP contribution < -0.4 is 5.32 Å². The van der Waals surface area contributed by atoms with E-state index in [0.717, 1.165) is 0 Å². The lowest BCUT2D eigenvalue weighted by Gasteiger charge is -2.21. The Hall–Kier alpha value is -2.23. The summed E-state index contributed by atoms with van der Waals surface area (Å²) in [6, 6.07) is 8.55. The second-order valence-corrected chi connectivity index (χ2v) is 8.63. The summed E-state index contributed by atoms with van der Waals surface area (Å²) in [4.78, 5) is 12.8. The van der Waals surface area contributed by atoms with Crippen LogP contribution in [0, 0.1) is 5.92 Å². The maximum absolute atomic E-state index is 12.8. The van der Waals surface area contributed by atoms with Crippen LogP contribution in [0.2, 0.25) is 0 Å². The lowest BCUT2D eigenvalue weighted by molar-refractivity contribution is 0.0926. The van der Waals surface area contributed by atoms with Crippen molar-refractivity contribution in [2.75, 3.05) is 33.1 Å². The number of para-hydroxylation sites is 1. The lowest BCUT2D eigenvalue weighted by atomic mass is 10.1. The molecule has 1 amide bonds. The van der Waals surface area contributed by atoms with Gasteiger partial charge in [0.25, 0.3) is 5.91 Å². The van der Waals surface area contributed by atoms with Crippen LogP contribution in [0.15, 0.2) is 42.7 Å². The van der Waals surface area contributed by atoms with E-state index in [9.17, 15) is 13.2 Å². The van der Waals surface area contributed by atoms with Gasteiger partial charge in [-0.15, -0.1) is 0 Å². The first-order valence-electron chi connectivity index (χ1n) is 8.26. The molecule has 2 atom stereocenters. The fourth-order valence-electron chi connectivity index (χ4n) is 2.86. The summed E-state index contributed by atoms with van der Waals surface area (Å²) < 4.78 is 32.5.